The van der Waals surface area contributed by atoms with Crippen molar-refractivity contribution in [2.45, 2.75) is 38.9 Å². The van der Waals surface area contributed by atoms with Gasteiger partial charge in [-0.1, -0.05) is 48.5 Å². The highest BCUT2D eigenvalue weighted by molar-refractivity contribution is 6.61. The number of pyridine rings is 1. The van der Waals surface area contributed by atoms with Gasteiger partial charge in [-0.15, -0.1) is 0 Å². The van der Waals surface area contributed by atoms with E-state index in [2.05, 4.69) is 105 Å². The first-order valence-corrected chi connectivity index (χ1v) is 11.0. The molecule has 0 aliphatic carbocycles. The lowest BCUT2D eigenvalue weighted by molar-refractivity contribution is 0.00578. The Morgan fingerprint density at radius 3 is 1.94 bits per heavy atom. The van der Waals surface area contributed by atoms with Crippen LogP contribution in [-0.4, -0.2) is 23.3 Å². The van der Waals surface area contributed by atoms with E-state index in [1.54, 1.807) is 0 Å². The summed E-state index contributed by atoms with van der Waals surface area (Å²) in [4.78, 5) is 6.95. The average molecular weight is 422 g/mol. The van der Waals surface area contributed by atoms with Crippen molar-refractivity contribution in [3.63, 3.8) is 0 Å². The molecule has 0 spiro atoms. The molecule has 3 aromatic carbocycles. The number of aromatic nitrogens is 1. The molecule has 5 heteroatoms. The van der Waals surface area contributed by atoms with Crippen LogP contribution in [0.4, 0.5) is 17.1 Å². The largest absolute Gasteiger partial charge is 0.514 e. The zero-order valence-electron chi connectivity index (χ0n) is 18.9. The molecule has 4 nitrogen and oxygen atoms in total. The van der Waals surface area contributed by atoms with Crippen LogP contribution in [-0.2, 0) is 9.31 Å². The highest BCUT2D eigenvalue weighted by Gasteiger charge is 2.52. The fourth-order valence-corrected chi connectivity index (χ4v) is 3.97. The molecule has 0 saturated carbocycles. The summed E-state index contributed by atoms with van der Waals surface area (Å²) in [6, 6.07) is 29.4. The number of benzene rings is 3. The number of fused-ring (bicyclic) bond motifs is 1. The van der Waals surface area contributed by atoms with Crippen molar-refractivity contribution in [2.75, 3.05) is 4.90 Å². The van der Waals surface area contributed by atoms with Gasteiger partial charge >= 0.3 is 7.12 Å². The van der Waals surface area contributed by atoms with Gasteiger partial charge in [-0.3, -0.25) is 4.98 Å². The van der Waals surface area contributed by atoms with Crippen LogP contribution in [0.1, 0.15) is 27.7 Å². The number of hydrogen-bond acceptors (Lipinski definition) is 4. The summed E-state index contributed by atoms with van der Waals surface area (Å²) in [5.41, 5.74) is 3.14. The van der Waals surface area contributed by atoms with Crippen molar-refractivity contribution in [1.29, 1.82) is 0 Å². The number of hydrogen-bond donors (Lipinski definition) is 0. The average Bonchev–Trinajstić information content (AvgIpc) is 3.02. The maximum atomic E-state index is 6.17. The quantitative estimate of drug-likeness (QED) is 0.378. The SMILES string of the molecule is CC1(C)OB(c2ccc(N(c3ccccc3)c3ccc4ccccc4c3)cn2)OC1(C)C. The minimum Gasteiger partial charge on any atom is -0.398 e. The predicted molar refractivity (Wildman–Crippen MR) is 132 cm³/mol. The maximum Gasteiger partial charge on any atom is 0.514 e. The maximum absolute atomic E-state index is 6.17. The summed E-state index contributed by atoms with van der Waals surface area (Å²) in [5.74, 6) is 0. The third-order valence-corrected chi connectivity index (χ3v) is 6.53. The minimum absolute atomic E-state index is 0.390. The van der Waals surface area contributed by atoms with E-state index in [1.807, 2.05) is 18.3 Å². The van der Waals surface area contributed by atoms with Gasteiger partial charge in [0.2, 0.25) is 0 Å². The second-order valence-corrected chi connectivity index (χ2v) is 9.23. The summed E-state index contributed by atoms with van der Waals surface area (Å²) < 4.78 is 12.3. The van der Waals surface area contributed by atoms with Gasteiger partial charge in [-0.05, 0) is 74.9 Å². The third kappa shape index (κ3) is 3.68. The lowest BCUT2D eigenvalue weighted by Gasteiger charge is -2.32. The van der Waals surface area contributed by atoms with Crippen molar-refractivity contribution in [3.8, 4) is 0 Å². The third-order valence-electron chi connectivity index (χ3n) is 6.53. The molecule has 0 N–H and O–H groups in total. The van der Waals surface area contributed by atoms with E-state index in [9.17, 15) is 0 Å². The molecule has 0 radical (unpaired) electrons. The van der Waals surface area contributed by atoms with E-state index in [4.69, 9.17) is 14.3 Å². The van der Waals surface area contributed by atoms with Crippen LogP contribution in [0.2, 0.25) is 0 Å². The minimum atomic E-state index is -0.472. The van der Waals surface area contributed by atoms with Crippen LogP contribution in [0, 0.1) is 0 Å². The normalized spacial score (nSPS) is 16.9. The molecule has 0 bridgehead atoms. The zero-order chi connectivity index (χ0) is 22.3. The molecule has 5 rings (SSSR count). The van der Waals surface area contributed by atoms with Crippen LogP contribution in [0.5, 0.6) is 0 Å². The van der Waals surface area contributed by atoms with Gasteiger partial charge in [0, 0.05) is 11.4 Å². The van der Waals surface area contributed by atoms with Gasteiger partial charge in [0.25, 0.3) is 0 Å². The van der Waals surface area contributed by atoms with E-state index in [1.165, 1.54) is 10.8 Å². The van der Waals surface area contributed by atoms with E-state index < -0.39 is 7.12 Å². The Balaban J connectivity index is 1.52. The second-order valence-electron chi connectivity index (χ2n) is 9.23. The molecule has 160 valence electrons. The molecular formula is C27H27BN2O2. The molecule has 32 heavy (non-hydrogen) atoms. The standard InChI is InChI=1S/C27H27BN2O2/c1-26(2)27(3,4)32-28(31-26)25-17-16-24(19-29-25)30(22-12-6-5-7-13-22)23-15-14-20-10-8-9-11-21(20)18-23/h5-19H,1-4H3. The zero-order valence-corrected chi connectivity index (χ0v) is 18.9. The van der Waals surface area contributed by atoms with Gasteiger partial charge in [-0.2, -0.15) is 0 Å². The summed E-state index contributed by atoms with van der Waals surface area (Å²) in [6.07, 6.45) is 1.89. The van der Waals surface area contributed by atoms with Crippen molar-refractivity contribution in [2.24, 2.45) is 0 Å². The number of para-hydroxylation sites is 1. The highest BCUT2D eigenvalue weighted by Crippen LogP contribution is 2.37. The number of rotatable bonds is 4. The topological polar surface area (TPSA) is 34.6 Å². The monoisotopic (exact) mass is 422 g/mol. The van der Waals surface area contributed by atoms with Gasteiger partial charge in [-0.25, -0.2) is 0 Å². The lowest BCUT2D eigenvalue weighted by Crippen LogP contribution is -2.41. The Labute approximate surface area is 190 Å². The van der Waals surface area contributed by atoms with Crippen LogP contribution in [0.3, 0.4) is 0 Å². The van der Waals surface area contributed by atoms with Crippen molar-refractivity contribution in [3.05, 3.63) is 91.1 Å². The van der Waals surface area contributed by atoms with Crippen molar-refractivity contribution >= 4 is 40.5 Å². The Bertz CT molecular complexity index is 1220. The molecular weight excluding hydrogens is 395 g/mol. The molecule has 1 fully saturated rings. The summed E-state index contributed by atoms with van der Waals surface area (Å²) >= 11 is 0. The first-order valence-electron chi connectivity index (χ1n) is 11.0. The van der Waals surface area contributed by atoms with Gasteiger partial charge in [0.1, 0.15) is 0 Å². The Morgan fingerprint density at radius 1 is 0.656 bits per heavy atom. The lowest BCUT2D eigenvalue weighted by atomic mass is 9.84. The van der Waals surface area contributed by atoms with Crippen molar-refractivity contribution in [1.82, 2.24) is 4.98 Å². The molecule has 0 amide bonds. The van der Waals surface area contributed by atoms with Crippen molar-refractivity contribution < 1.29 is 9.31 Å². The van der Waals surface area contributed by atoms with Crippen LogP contribution < -0.4 is 10.5 Å². The summed E-state index contributed by atoms with van der Waals surface area (Å²) in [7, 11) is -0.472. The van der Waals surface area contributed by atoms with E-state index in [-0.39, 0.29) is 11.2 Å². The Kier molecular flexibility index (Phi) is 5.03. The Hall–Kier alpha value is -3.15. The molecule has 1 saturated heterocycles. The fraction of sp³-hybridized carbons (Fsp3) is 0.222. The van der Waals surface area contributed by atoms with E-state index in [0.29, 0.717) is 0 Å². The molecule has 1 aromatic heterocycles. The van der Waals surface area contributed by atoms with Gasteiger partial charge in [0.05, 0.1) is 28.7 Å². The van der Waals surface area contributed by atoms with Crippen LogP contribution >= 0.6 is 0 Å². The number of nitrogens with zero attached hydrogens (tertiary/aromatic N) is 2. The van der Waals surface area contributed by atoms with E-state index >= 15 is 0 Å². The van der Waals surface area contributed by atoms with Gasteiger partial charge < -0.3 is 14.2 Å². The summed E-state index contributed by atoms with van der Waals surface area (Å²) in [5, 5.41) is 2.42. The predicted octanol–water partition coefficient (Wildman–Crippen LogP) is 6.00. The molecule has 1 aliphatic rings. The number of anilines is 3. The first kappa shape index (κ1) is 20.7. The van der Waals surface area contributed by atoms with Gasteiger partial charge in [0.15, 0.2) is 0 Å². The summed E-state index contributed by atoms with van der Waals surface area (Å²) in [6.45, 7) is 8.22. The first-order chi connectivity index (χ1) is 15.3. The molecule has 1 aliphatic heterocycles. The fourth-order valence-electron chi connectivity index (χ4n) is 3.97. The van der Waals surface area contributed by atoms with E-state index in [0.717, 1.165) is 22.7 Å². The highest BCUT2D eigenvalue weighted by atomic mass is 16.7. The van der Waals surface area contributed by atoms with Crippen LogP contribution in [0.15, 0.2) is 91.1 Å². The van der Waals surface area contributed by atoms with Crippen LogP contribution in [0.25, 0.3) is 10.8 Å². The Morgan fingerprint density at radius 2 is 1.28 bits per heavy atom. The molecule has 2 heterocycles. The molecule has 4 aromatic rings. The molecule has 0 unspecified atom stereocenters. The second kappa shape index (κ2) is 7.77. The smallest absolute Gasteiger partial charge is 0.398 e. The molecule has 0 atom stereocenters.